The zero-order chi connectivity index (χ0) is 43.5. The van der Waals surface area contributed by atoms with Crippen LogP contribution >= 0.6 is 0 Å². The second-order valence-electron chi connectivity index (χ2n) is 14.8. The van der Waals surface area contributed by atoms with Crippen LogP contribution in [0.4, 0.5) is 16.2 Å². The number of non-ortho nitro benzene ring substituents is 1. The van der Waals surface area contributed by atoms with Crippen LogP contribution in [0.2, 0.25) is 0 Å². The highest BCUT2D eigenvalue weighted by Gasteiger charge is 2.76. The smallest absolute Gasteiger partial charge is 0.421 e. The molecule has 5 aromatic rings. The van der Waals surface area contributed by atoms with E-state index in [-0.39, 0.29) is 54.5 Å². The van der Waals surface area contributed by atoms with Gasteiger partial charge in [-0.2, -0.15) is 0 Å². The van der Waals surface area contributed by atoms with Crippen LogP contribution in [0.15, 0.2) is 127 Å². The number of morpholine rings is 1. The van der Waals surface area contributed by atoms with Crippen molar-refractivity contribution in [3.63, 3.8) is 0 Å². The second kappa shape index (κ2) is 17.3. The first-order valence-electron chi connectivity index (χ1n) is 19.7. The molecule has 2 fully saturated rings. The van der Waals surface area contributed by atoms with Crippen molar-refractivity contribution in [1.82, 2.24) is 4.90 Å². The minimum absolute atomic E-state index is 0.0227. The number of hydrogen-bond acceptors (Lipinski definition) is 12. The van der Waals surface area contributed by atoms with E-state index in [1.807, 2.05) is 24.3 Å². The van der Waals surface area contributed by atoms with Gasteiger partial charge in [0.25, 0.3) is 5.69 Å². The van der Waals surface area contributed by atoms with Crippen LogP contribution in [0.25, 0.3) is 0 Å². The normalized spacial score (nSPS) is 22.5. The molecule has 0 aliphatic carbocycles. The third kappa shape index (κ3) is 7.09. The second-order valence-corrected chi connectivity index (χ2v) is 14.8. The maximum atomic E-state index is 16.0. The molecule has 0 radical (unpaired) electrons. The molecule has 8 rings (SSSR count). The van der Waals surface area contributed by atoms with Crippen molar-refractivity contribution in [1.29, 1.82) is 0 Å². The van der Waals surface area contributed by atoms with Crippen LogP contribution in [0.5, 0.6) is 5.75 Å². The predicted octanol–water partition coefficient (Wildman–Crippen LogP) is 5.79. The number of imide groups is 1. The molecule has 5 aromatic carbocycles. The molecule has 0 saturated carbocycles. The number of esters is 1. The number of ether oxygens (including phenoxy) is 3. The number of nitro benzene ring substituents is 1. The third-order valence-electron chi connectivity index (χ3n) is 11.4. The number of cyclic esters (lactones) is 1. The summed E-state index contributed by atoms with van der Waals surface area (Å²) in [6, 6.07) is 30.5. The fraction of sp³-hybridized carbons (Fsp3) is 0.234. The Bertz CT molecular complexity index is 2590. The van der Waals surface area contributed by atoms with Crippen LogP contribution in [0.3, 0.4) is 0 Å². The number of nitro groups is 1. The van der Waals surface area contributed by atoms with Gasteiger partial charge in [-0.1, -0.05) is 90.7 Å². The average molecular weight is 838 g/mol. The number of anilines is 1. The minimum atomic E-state index is -2.30. The molecule has 2 amide bonds. The number of carboxylic acids is 1. The first-order valence-corrected chi connectivity index (χ1v) is 19.7. The van der Waals surface area contributed by atoms with Crippen molar-refractivity contribution in [3.8, 4) is 17.6 Å². The summed E-state index contributed by atoms with van der Waals surface area (Å²) in [4.78, 5) is 72.6. The summed E-state index contributed by atoms with van der Waals surface area (Å²) >= 11 is 0. The van der Waals surface area contributed by atoms with E-state index in [0.29, 0.717) is 22.3 Å². The average Bonchev–Trinajstić information content (AvgIpc) is 3.74. The van der Waals surface area contributed by atoms with Gasteiger partial charge >= 0.3 is 18.0 Å². The SMILES string of the molecule is O=C1O[C@@H](c2ccccc2)[C@@H](c2ccccc2)N2[C@@H](c3ccccc3OCCO)[C@]3(C(=O)N(C(=O)OCc4ccc([N+](=O)[O-])cc4)c4ccc(C#CCCO)cc43)[C@@H](C(=O)O)[C@H]12. The van der Waals surface area contributed by atoms with Crippen LogP contribution in [-0.2, 0) is 35.9 Å². The van der Waals surface area contributed by atoms with E-state index in [4.69, 9.17) is 14.2 Å². The quantitative estimate of drug-likeness (QED) is 0.0625. The van der Waals surface area contributed by atoms with Crippen molar-refractivity contribution < 1.29 is 53.6 Å². The molecule has 3 aliphatic rings. The van der Waals surface area contributed by atoms with Crippen LogP contribution in [-0.4, -0.2) is 74.9 Å². The van der Waals surface area contributed by atoms with Gasteiger partial charge in [-0.25, -0.2) is 9.69 Å². The summed E-state index contributed by atoms with van der Waals surface area (Å²) in [5, 5.41) is 42.2. The predicted molar refractivity (Wildman–Crippen MR) is 220 cm³/mol. The number of carbonyl (C=O) groups is 4. The van der Waals surface area contributed by atoms with Gasteiger partial charge in [0.1, 0.15) is 42.4 Å². The third-order valence-corrected chi connectivity index (χ3v) is 11.4. The van der Waals surface area contributed by atoms with E-state index >= 15 is 4.79 Å². The Balaban J connectivity index is 1.40. The van der Waals surface area contributed by atoms with Gasteiger partial charge in [0.2, 0.25) is 5.91 Å². The van der Waals surface area contributed by atoms with Gasteiger partial charge in [0, 0.05) is 29.7 Å². The Morgan fingerprint density at radius 2 is 1.52 bits per heavy atom. The highest BCUT2D eigenvalue weighted by molar-refractivity contribution is 6.23. The number of aliphatic hydroxyl groups is 2. The number of aliphatic hydroxyl groups excluding tert-OH is 2. The van der Waals surface area contributed by atoms with E-state index in [0.717, 1.165) is 4.90 Å². The van der Waals surface area contributed by atoms with Crippen molar-refractivity contribution in [2.24, 2.45) is 5.92 Å². The molecule has 2 saturated heterocycles. The Morgan fingerprint density at radius 3 is 2.18 bits per heavy atom. The molecule has 3 heterocycles. The molecule has 0 bridgehead atoms. The molecule has 6 atom stereocenters. The number of carbonyl (C=O) groups excluding carboxylic acids is 3. The number of fused-ring (bicyclic) bond motifs is 3. The van der Waals surface area contributed by atoms with Gasteiger partial charge in [-0.3, -0.25) is 29.4 Å². The van der Waals surface area contributed by atoms with Crippen LogP contribution in [0.1, 0.15) is 58.0 Å². The van der Waals surface area contributed by atoms with Crippen LogP contribution in [0, 0.1) is 27.9 Å². The lowest BCUT2D eigenvalue weighted by Gasteiger charge is -2.46. The zero-order valence-electron chi connectivity index (χ0n) is 32.9. The van der Waals surface area contributed by atoms with Gasteiger partial charge in [-0.15, -0.1) is 0 Å². The molecule has 62 heavy (non-hydrogen) atoms. The molecule has 15 heteroatoms. The van der Waals surface area contributed by atoms with Crippen molar-refractivity contribution >= 4 is 35.3 Å². The lowest BCUT2D eigenvalue weighted by Crippen LogP contribution is -2.53. The van der Waals surface area contributed by atoms with Gasteiger partial charge in [0.05, 0.1) is 35.9 Å². The lowest BCUT2D eigenvalue weighted by atomic mass is 9.65. The highest BCUT2D eigenvalue weighted by atomic mass is 16.6. The lowest BCUT2D eigenvalue weighted by molar-refractivity contribution is -0.384. The number of rotatable bonds is 11. The molecule has 0 aromatic heterocycles. The summed E-state index contributed by atoms with van der Waals surface area (Å²) < 4.78 is 18.1. The van der Waals surface area contributed by atoms with Gasteiger partial charge in [-0.05, 0) is 58.7 Å². The molecule has 0 unspecified atom stereocenters. The summed E-state index contributed by atoms with van der Waals surface area (Å²) in [7, 11) is 0. The molecular formula is C47H39N3O12. The molecule has 1 spiro atoms. The summed E-state index contributed by atoms with van der Waals surface area (Å²) in [5.74, 6) is 0.637. The minimum Gasteiger partial charge on any atom is -0.491 e. The number of aliphatic carboxylic acids is 1. The number of nitrogens with zero attached hydrogens (tertiary/aromatic N) is 3. The van der Waals surface area contributed by atoms with E-state index in [1.165, 1.54) is 36.4 Å². The number of amides is 2. The maximum Gasteiger partial charge on any atom is 0.421 e. The molecular weight excluding hydrogens is 799 g/mol. The van der Waals surface area contributed by atoms with E-state index in [9.17, 15) is 39.8 Å². The van der Waals surface area contributed by atoms with Gasteiger partial charge < -0.3 is 29.5 Å². The monoisotopic (exact) mass is 837 g/mol. The van der Waals surface area contributed by atoms with Crippen LogP contribution < -0.4 is 9.64 Å². The van der Waals surface area contributed by atoms with Gasteiger partial charge in [0.15, 0.2) is 0 Å². The molecule has 3 N–H and O–H groups in total. The first kappa shape index (κ1) is 41.4. The number of carboxylic acid groups (broad SMARTS) is 1. The Hall–Kier alpha value is -7.38. The van der Waals surface area contributed by atoms with E-state index < -0.39 is 71.0 Å². The van der Waals surface area contributed by atoms with Crippen molar-refractivity contribution in [3.05, 3.63) is 171 Å². The fourth-order valence-electron chi connectivity index (χ4n) is 9.05. The standard InChI is InChI=1S/C47H39N3O12/c51-24-10-9-11-29-20-23-36-35(27-29)47(45(56)48(36)46(57)61-28-30-18-21-33(22-19-30)50(58)59)38(43(53)54)40-44(55)62-41(32-14-5-2-6-15-32)39(31-12-3-1-4-13-31)49(40)42(47)34-16-7-8-17-37(34)60-26-25-52/h1-8,12-23,27,38-42,51-52H,10,24-26,28H2,(H,53,54)/t38-,39-,40-,41+,42+,47-/m1/s1. The topological polar surface area (TPSA) is 206 Å². The van der Waals surface area contributed by atoms with E-state index in [1.54, 1.807) is 71.6 Å². The Labute approximate surface area is 354 Å². The number of hydrogen-bond donors (Lipinski definition) is 3. The van der Waals surface area contributed by atoms with Crippen molar-refractivity contribution in [2.75, 3.05) is 24.7 Å². The summed E-state index contributed by atoms with van der Waals surface area (Å²) in [6.45, 7) is -1.19. The largest absolute Gasteiger partial charge is 0.491 e. The molecule has 314 valence electrons. The Kier molecular flexibility index (Phi) is 11.5. The molecule has 3 aliphatic heterocycles. The van der Waals surface area contributed by atoms with E-state index in [2.05, 4.69) is 11.8 Å². The van der Waals surface area contributed by atoms with Crippen molar-refractivity contribution in [2.45, 2.75) is 42.7 Å². The molecule has 15 nitrogen and oxygen atoms in total. The summed E-state index contributed by atoms with van der Waals surface area (Å²) in [6.07, 6.45) is -2.08. The maximum absolute atomic E-state index is 16.0. The number of para-hydroxylation sites is 1. The zero-order valence-corrected chi connectivity index (χ0v) is 32.9. The summed E-state index contributed by atoms with van der Waals surface area (Å²) in [5.41, 5.74) is -0.235. The highest BCUT2D eigenvalue weighted by Crippen LogP contribution is 2.66. The number of benzene rings is 5. The first-order chi connectivity index (χ1) is 30.1. The fourth-order valence-corrected chi connectivity index (χ4v) is 9.05. The Morgan fingerprint density at radius 1 is 0.839 bits per heavy atom.